The predicted molar refractivity (Wildman–Crippen MR) is 81.9 cm³/mol. The van der Waals surface area contributed by atoms with E-state index >= 15 is 0 Å². The summed E-state index contributed by atoms with van der Waals surface area (Å²) in [6, 6.07) is 3.24. The van der Waals surface area contributed by atoms with Crippen LogP contribution in [0.3, 0.4) is 0 Å². The first-order chi connectivity index (χ1) is 9.78. The summed E-state index contributed by atoms with van der Waals surface area (Å²) in [6.07, 6.45) is 7.79. The zero-order valence-electron chi connectivity index (χ0n) is 13.1. The summed E-state index contributed by atoms with van der Waals surface area (Å²) in [5.41, 5.74) is 1.21. The Balaban J connectivity index is 1.96. The lowest BCUT2D eigenvalue weighted by Gasteiger charge is -2.29. The van der Waals surface area contributed by atoms with E-state index in [0.717, 1.165) is 32.5 Å². The fourth-order valence-corrected chi connectivity index (χ4v) is 3.20. The largest absolute Gasteiger partial charge is 0.381 e. The smallest absolute Gasteiger partial charge is 0.0640 e. The summed E-state index contributed by atoms with van der Waals surface area (Å²) in [7, 11) is 2.07. The number of hydrogen-bond donors (Lipinski definition) is 1. The first-order valence-corrected chi connectivity index (χ1v) is 8.07. The molecule has 0 radical (unpaired) electrons. The highest BCUT2D eigenvalue weighted by atomic mass is 16.5. The molecule has 1 aromatic rings. The van der Waals surface area contributed by atoms with Crippen LogP contribution in [-0.4, -0.2) is 36.1 Å². The molecule has 0 bridgehead atoms. The SMILES string of the molecule is CCC(CC)n1ccc(CC(NC)C2CCOCC2)n1. The van der Waals surface area contributed by atoms with Gasteiger partial charge in [-0.05, 0) is 44.7 Å². The molecule has 4 nitrogen and oxygen atoms in total. The molecule has 0 aromatic carbocycles. The monoisotopic (exact) mass is 279 g/mol. The van der Waals surface area contributed by atoms with Crippen molar-refractivity contribution in [2.45, 2.75) is 58.0 Å². The molecule has 1 aliphatic heterocycles. The summed E-state index contributed by atoms with van der Waals surface area (Å²) in [5, 5.41) is 8.26. The van der Waals surface area contributed by atoms with Gasteiger partial charge in [0.05, 0.1) is 11.7 Å². The first kappa shape index (κ1) is 15.5. The highest BCUT2D eigenvalue weighted by Crippen LogP contribution is 2.22. The molecule has 114 valence electrons. The fourth-order valence-electron chi connectivity index (χ4n) is 3.20. The molecule has 0 saturated carbocycles. The van der Waals surface area contributed by atoms with Crippen LogP contribution < -0.4 is 5.32 Å². The normalized spacial score (nSPS) is 18.6. The standard InChI is InChI=1S/C16H29N3O/c1-4-15(5-2)19-9-6-14(18-19)12-16(17-3)13-7-10-20-11-8-13/h6,9,13,15-17H,4-5,7-8,10-12H2,1-3H3. The van der Waals surface area contributed by atoms with Gasteiger partial charge in [-0.25, -0.2) is 0 Å². The van der Waals surface area contributed by atoms with Gasteiger partial charge in [0.2, 0.25) is 0 Å². The Morgan fingerprint density at radius 3 is 2.65 bits per heavy atom. The average Bonchev–Trinajstić information content (AvgIpc) is 2.95. The van der Waals surface area contributed by atoms with Crippen molar-refractivity contribution in [1.82, 2.24) is 15.1 Å². The molecule has 4 heteroatoms. The first-order valence-electron chi connectivity index (χ1n) is 8.07. The number of likely N-dealkylation sites (N-methyl/N-ethyl adjacent to an activating group) is 1. The second kappa shape index (κ2) is 7.79. The van der Waals surface area contributed by atoms with E-state index in [9.17, 15) is 0 Å². The van der Waals surface area contributed by atoms with Crippen LogP contribution in [0, 0.1) is 5.92 Å². The number of hydrogen-bond acceptors (Lipinski definition) is 3. The van der Waals surface area contributed by atoms with Gasteiger partial charge in [-0.1, -0.05) is 13.8 Å². The number of aromatic nitrogens is 2. The zero-order chi connectivity index (χ0) is 14.4. The van der Waals surface area contributed by atoms with Gasteiger partial charge in [-0.15, -0.1) is 0 Å². The average molecular weight is 279 g/mol. The Kier molecular flexibility index (Phi) is 6.05. The van der Waals surface area contributed by atoms with Gasteiger partial charge in [0.25, 0.3) is 0 Å². The molecule has 1 aliphatic rings. The highest BCUT2D eigenvalue weighted by Gasteiger charge is 2.23. The molecule has 1 unspecified atom stereocenters. The van der Waals surface area contributed by atoms with E-state index in [2.05, 4.69) is 43.2 Å². The third-order valence-corrected chi connectivity index (χ3v) is 4.62. The van der Waals surface area contributed by atoms with Crippen LogP contribution in [0.25, 0.3) is 0 Å². The maximum absolute atomic E-state index is 5.46. The maximum Gasteiger partial charge on any atom is 0.0640 e. The molecule has 0 aliphatic carbocycles. The topological polar surface area (TPSA) is 39.1 Å². The lowest BCUT2D eigenvalue weighted by Crippen LogP contribution is -2.38. The molecular formula is C16H29N3O. The Labute approximate surface area is 122 Å². The summed E-state index contributed by atoms with van der Waals surface area (Å²) < 4.78 is 7.61. The molecule has 1 atom stereocenters. The Morgan fingerprint density at radius 1 is 1.35 bits per heavy atom. The Hall–Kier alpha value is -0.870. The van der Waals surface area contributed by atoms with E-state index < -0.39 is 0 Å². The molecule has 1 aromatic heterocycles. The Morgan fingerprint density at radius 2 is 2.05 bits per heavy atom. The number of nitrogens with one attached hydrogen (secondary N) is 1. The minimum Gasteiger partial charge on any atom is -0.381 e. The van der Waals surface area contributed by atoms with Crippen LogP contribution in [0.4, 0.5) is 0 Å². The predicted octanol–water partition coefficient (Wildman–Crippen LogP) is 2.80. The lowest BCUT2D eigenvalue weighted by atomic mass is 9.89. The minimum atomic E-state index is 0.518. The van der Waals surface area contributed by atoms with Crippen LogP contribution in [0.15, 0.2) is 12.3 Å². The van der Waals surface area contributed by atoms with Gasteiger partial charge >= 0.3 is 0 Å². The van der Waals surface area contributed by atoms with Gasteiger partial charge in [0, 0.05) is 31.9 Å². The van der Waals surface area contributed by atoms with Gasteiger partial charge in [-0.3, -0.25) is 4.68 Å². The van der Waals surface area contributed by atoms with Gasteiger partial charge in [-0.2, -0.15) is 5.10 Å². The van der Waals surface area contributed by atoms with Crippen LogP contribution in [0.5, 0.6) is 0 Å². The third-order valence-electron chi connectivity index (χ3n) is 4.62. The summed E-state index contributed by atoms with van der Waals surface area (Å²) in [6.45, 7) is 6.28. The third kappa shape index (κ3) is 3.83. The van der Waals surface area contributed by atoms with E-state index in [4.69, 9.17) is 9.84 Å². The van der Waals surface area contributed by atoms with Gasteiger partial charge in [0.1, 0.15) is 0 Å². The van der Waals surface area contributed by atoms with Crippen molar-refractivity contribution in [2.75, 3.05) is 20.3 Å². The van der Waals surface area contributed by atoms with Crippen molar-refractivity contribution in [3.8, 4) is 0 Å². The molecule has 0 spiro atoms. The van der Waals surface area contributed by atoms with E-state index in [1.807, 2.05) is 0 Å². The van der Waals surface area contributed by atoms with Crippen molar-refractivity contribution in [1.29, 1.82) is 0 Å². The molecule has 1 saturated heterocycles. The second-order valence-corrected chi connectivity index (χ2v) is 5.81. The summed E-state index contributed by atoms with van der Waals surface area (Å²) >= 11 is 0. The van der Waals surface area contributed by atoms with Crippen molar-refractivity contribution < 1.29 is 4.74 Å². The minimum absolute atomic E-state index is 0.518. The van der Waals surface area contributed by atoms with E-state index in [-0.39, 0.29) is 0 Å². The van der Waals surface area contributed by atoms with Crippen molar-refractivity contribution >= 4 is 0 Å². The van der Waals surface area contributed by atoms with Crippen molar-refractivity contribution in [3.63, 3.8) is 0 Å². The highest BCUT2D eigenvalue weighted by molar-refractivity contribution is 5.03. The quantitative estimate of drug-likeness (QED) is 0.834. The van der Waals surface area contributed by atoms with E-state index in [1.165, 1.54) is 18.5 Å². The molecule has 1 N–H and O–H groups in total. The van der Waals surface area contributed by atoms with Gasteiger partial charge in [0.15, 0.2) is 0 Å². The molecule has 20 heavy (non-hydrogen) atoms. The van der Waals surface area contributed by atoms with Crippen LogP contribution in [0.2, 0.25) is 0 Å². The lowest BCUT2D eigenvalue weighted by molar-refractivity contribution is 0.0546. The molecule has 1 fully saturated rings. The summed E-state index contributed by atoms with van der Waals surface area (Å²) in [5.74, 6) is 0.715. The number of rotatable bonds is 7. The Bertz CT molecular complexity index is 381. The van der Waals surface area contributed by atoms with Crippen LogP contribution in [0.1, 0.15) is 51.3 Å². The van der Waals surface area contributed by atoms with Crippen molar-refractivity contribution in [2.24, 2.45) is 5.92 Å². The number of nitrogens with zero attached hydrogens (tertiary/aromatic N) is 2. The zero-order valence-corrected chi connectivity index (χ0v) is 13.1. The van der Waals surface area contributed by atoms with Crippen LogP contribution in [-0.2, 0) is 11.2 Å². The molecule has 2 rings (SSSR count). The van der Waals surface area contributed by atoms with Gasteiger partial charge < -0.3 is 10.1 Å². The number of ether oxygens (including phenoxy) is 1. The molecular weight excluding hydrogens is 250 g/mol. The van der Waals surface area contributed by atoms with Crippen molar-refractivity contribution in [3.05, 3.63) is 18.0 Å². The van der Waals surface area contributed by atoms with E-state index in [1.54, 1.807) is 0 Å². The maximum atomic E-state index is 5.46. The molecule has 0 amide bonds. The van der Waals surface area contributed by atoms with Crippen LogP contribution >= 0.6 is 0 Å². The van der Waals surface area contributed by atoms with E-state index in [0.29, 0.717) is 18.0 Å². The summed E-state index contributed by atoms with van der Waals surface area (Å²) in [4.78, 5) is 0. The fraction of sp³-hybridized carbons (Fsp3) is 0.812. The second-order valence-electron chi connectivity index (χ2n) is 5.81. The molecule has 2 heterocycles.